The van der Waals surface area contributed by atoms with Crippen molar-refractivity contribution < 1.29 is 0 Å². The monoisotopic (exact) mass is 799 g/mol. The van der Waals surface area contributed by atoms with Gasteiger partial charge in [-0.3, -0.25) is 0 Å². The van der Waals surface area contributed by atoms with Crippen LogP contribution in [0, 0.1) is 0 Å². The summed E-state index contributed by atoms with van der Waals surface area (Å²) in [5.41, 5.74) is 12.8. The van der Waals surface area contributed by atoms with Gasteiger partial charge in [-0.25, -0.2) is 0 Å². The van der Waals surface area contributed by atoms with Crippen LogP contribution in [0.3, 0.4) is 0 Å². The predicted octanol–water partition coefficient (Wildman–Crippen LogP) is 17.6. The Morgan fingerprint density at radius 2 is 0.698 bits per heavy atom. The zero-order chi connectivity index (χ0) is 41.7. The first-order valence-electron chi connectivity index (χ1n) is 21.7. The molecule has 12 aromatic rings. The molecule has 0 atom stereocenters. The molecule has 0 aliphatic heterocycles. The van der Waals surface area contributed by atoms with Crippen molar-refractivity contribution in [2.45, 2.75) is 0 Å². The molecule has 0 aliphatic rings. The molecule has 0 heterocycles. The molecule has 12 rings (SSSR count). The van der Waals surface area contributed by atoms with Crippen LogP contribution in [0.5, 0.6) is 0 Å². The van der Waals surface area contributed by atoms with E-state index in [9.17, 15) is 0 Å². The molecule has 0 bridgehead atoms. The standard InChI is InChI=1S/C62H41N/c1-3-14-42(15-4-1)47-20-13-21-51(38-47)63(50-32-28-46(29-33-50)60-39-48-19-8-10-23-54(48)56-24-11-12-25-57(56)60)52-34-37-55(62(41-52)43-16-5-2-6-17-43)49-27-26-45-31-35-58-53-22-9-7-18-44(53)30-36-59(58)61(45)40-49/h1-41H. The molecule has 0 fully saturated rings. The Hall–Kier alpha value is -8.26. The van der Waals surface area contributed by atoms with Gasteiger partial charge in [-0.05, 0) is 147 Å². The van der Waals surface area contributed by atoms with Gasteiger partial charge in [0.2, 0.25) is 0 Å². The number of nitrogens with zero attached hydrogens (tertiary/aromatic N) is 1. The van der Waals surface area contributed by atoms with E-state index in [0.29, 0.717) is 0 Å². The third-order valence-corrected chi connectivity index (χ3v) is 12.8. The first kappa shape index (κ1) is 36.6. The number of hydrogen-bond acceptors (Lipinski definition) is 1. The highest BCUT2D eigenvalue weighted by Crippen LogP contribution is 2.44. The summed E-state index contributed by atoms with van der Waals surface area (Å²) in [6.07, 6.45) is 0. The smallest absolute Gasteiger partial charge is 0.0468 e. The number of anilines is 3. The number of rotatable bonds is 7. The summed E-state index contributed by atoms with van der Waals surface area (Å²) in [5.74, 6) is 0. The van der Waals surface area contributed by atoms with Gasteiger partial charge in [0, 0.05) is 17.1 Å². The van der Waals surface area contributed by atoms with Gasteiger partial charge < -0.3 is 4.90 Å². The molecule has 1 nitrogen and oxygen atoms in total. The average molecular weight is 800 g/mol. The zero-order valence-electron chi connectivity index (χ0n) is 34.6. The minimum Gasteiger partial charge on any atom is -0.310 e. The highest BCUT2D eigenvalue weighted by molar-refractivity contribution is 6.18. The largest absolute Gasteiger partial charge is 0.310 e. The van der Waals surface area contributed by atoms with Gasteiger partial charge in [-0.2, -0.15) is 0 Å². The highest BCUT2D eigenvalue weighted by atomic mass is 15.1. The first-order chi connectivity index (χ1) is 31.2. The molecule has 0 spiro atoms. The molecule has 1 heteroatoms. The second kappa shape index (κ2) is 15.3. The lowest BCUT2D eigenvalue weighted by atomic mass is 9.90. The fraction of sp³-hybridized carbons (Fsp3) is 0. The van der Waals surface area contributed by atoms with Gasteiger partial charge in [0.25, 0.3) is 0 Å². The summed E-state index contributed by atoms with van der Waals surface area (Å²) in [4.78, 5) is 2.41. The maximum atomic E-state index is 2.41. The van der Waals surface area contributed by atoms with E-state index in [-0.39, 0.29) is 0 Å². The van der Waals surface area contributed by atoms with Gasteiger partial charge in [0.1, 0.15) is 0 Å². The Bertz CT molecular complexity index is 3660. The Kier molecular flexibility index (Phi) is 8.90. The van der Waals surface area contributed by atoms with Crippen LogP contribution in [-0.4, -0.2) is 0 Å². The second-order valence-electron chi connectivity index (χ2n) is 16.5. The van der Waals surface area contributed by atoms with Crippen LogP contribution in [0.1, 0.15) is 0 Å². The summed E-state index contributed by atoms with van der Waals surface area (Å²) in [6, 6.07) is 91.1. The summed E-state index contributed by atoms with van der Waals surface area (Å²) < 4.78 is 0. The molecule has 0 unspecified atom stereocenters. The van der Waals surface area contributed by atoms with E-state index in [1.165, 1.54) is 98.4 Å². The van der Waals surface area contributed by atoms with Crippen molar-refractivity contribution in [2.24, 2.45) is 0 Å². The number of fused-ring (bicyclic) bond motifs is 8. The maximum absolute atomic E-state index is 2.41. The zero-order valence-corrected chi connectivity index (χ0v) is 34.6. The summed E-state index contributed by atoms with van der Waals surface area (Å²) in [7, 11) is 0. The van der Waals surface area contributed by atoms with Gasteiger partial charge in [0.15, 0.2) is 0 Å². The third kappa shape index (κ3) is 6.50. The van der Waals surface area contributed by atoms with Gasteiger partial charge in [-0.1, -0.05) is 200 Å². The van der Waals surface area contributed by atoms with Crippen molar-refractivity contribution in [1.82, 2.24) is 0 Å². The Morgan fingerprint density at radius 3 is 1.46 bits per heavy atom. The lowest BCUT2D eigenvalue weighted by Gasteiger charge is -2.27. The third-order valence-electron chi connectivity index (χ3n) is 12.8. The molecule has 0 saturated heterocycles. The molecule has 0 aromatic heterocycles. The van der Waals surface area contributed by atoms with Crippen LogP contribution < -0.4 is 4.90 Å². The van der Waals surface area contributed by atoms with Crippen molar-refractivity contribution in [2.75, 3.05) is 4.90 Å². The quantitative estimate of drug-likeness (QED) is 0.145. The van der Waals surface area contributed by atoms with Crippen molar-refractivity contribution in [3.8, 4) is 44.5 Å². The Labute approximate surface area is 367 Å². The van der Waals surface area contributed by atoms with Crippen LogP contribution in [0.2, 0.25) is 0 Å². The SMILES string of the molecule is c1ccc(-c2cccc(N(c3ccc(-c4cc5ccccc5c5ccccc45)cc3)c3ccc(-c4ccc5ccc6c7ccccc7ccc6c5c4)c(-c4ccccc4)c3)c2)cc1. The van der Waals surface area contributed by atoms with Gasteiger partial charge in [0.05, 0.1) is 0 Å². The van der Waals surface area contributed by atoms with E-state index < -0.39 is 0 Å². The topological polar surface area (TPSA) is 3.24 Å². The number of benzene rings is 12. The average Bonchev–Trinajstić information content (AvgIpc) is 3.36. The normalized spacial score (nSPS) is 11.5. The first-order valence-corrected chi connectivity index (χ1v) is 21.7. The van der Waals surface area contributed by atoms with E-state index in [4.69, 9.17) is 0 Å². The van der Waals surface area contributed by atoms with E-state index in [2.05, 4.69) is 254 Å². The summed E-state index contributed by atoms with van der Waals surface area (Å²) >= 11 is 0. The van der Waals surface area contributed by atoms with Gasteiger partial charge in [-0.15, -0.1) is 0 Å². The van der Waals surface area contributed by atoms with Crippen LogP contribution >= 0.6 is 0 Å². The van der Waals surface area contributed by atoms with Crippen LogP contribution in [0.25, 0.3) is 98.4 Å². The fourth-order valence-corrected chi connectivity index (χ4v) is 9.75. The fourth-order valence-electron chi connectivity index (χ4n) is 9.75. The predicted molar refractivity (Wildman–Crippen MR) is 270 cm³/mol. The molecular weight excluding hydrogens is 759 g/mol. The Morgan fingerprint density at radius 1 is 0.190 bits per heavy atom. The van der Waals surface area contributed by atoms with Crippen LogP contribution in [-0.2, 0) is 0 Å². The molecule has 12 aromatic carbocycles. The van der Waals surface area contributed by atoms with Crippen LogP contribution in [0.15, 0.2) is 249 Å². The van der Waals surface area contributed by atoms with Crippen molar-refractivity contribution >= 4 is 70.9 Å². The van der Waals surface area contributed by atoms with Crippen molar-refractivity contribution in [3.05, 3.63) is 249 Å². The maximum Gasteiger partial charge on any atom is 0.0468 e. The molecule has 0 saturated carbocycles. The van der Waals surface area contributed by atoms with E-state index in [0.717, 1.165) is 17.1 Å². The van der Waals surface area contributed by atoms with Crippen molar-refractivity contribution in [3.63, 3.8) is 0 Å². The molecule has 0 aliphatic carbocycles. The van der Waals surface area contributed by atoms with Gasteiger partial charge >= 0.3 is 0 Å². The molecule has 0 amide bonds. The lowest BCUT2D eigenvalue weighted by molar-refractivity contribution is 1.28. The lowest BCUT2D eigenvalue weighted by Crippen LogP contribution is -2.10. The minimum atomic E-state index is 1.09. The summed E-state index contributed by atoms with van der Waals surface area (Å²) in [6.45, 7) is 0. The van der Waals surface area contributed by atoms with Crippen LogP contribution in [0.4, 0.5) is 17.1 Å². The highest BCUT2D eigenvalue weighted by Gasteiger charge is 2.19. The molecule has 63 heavy (non-hydrogen) atoms. The minimum absolute atomic E-state index is 1.09. The molecular formula is C62H41N. The van der Waals surface area contributed by atoms with Crippen molar-refractivity contribution in [1.29, 1.82) is 0 Å². The summed E-state index contributed by atoms with van der Waals surface area (Å²) in [5, 5.41) is 12.7. The molecule has 0 N–H and O–H groups in total. The number of hydrogen-bond donors (Lipinski definition) is 0. The molecule has 0 radical (unpaired) electrons. The second-order valence-corrected chi connectivity index (χ2v) is 16.5. The molecule has 294 valence electrons. The van der Waals surface area contributed by atoms with E-state index in [1.54, 1.807) is 0 Å². The Balaban J connectivity index is 1.03. The van der Waals surface area contributed by atoms with E-state index >= 15 is 0 Å². The van der Waals surface area contributed by atoms with E-state index in [1.807, 2.05) is 0 Å².